The van der Waals surface area contributed by atoms with Gasteiger partial charge < -0.3 is 0 Å². The summed E-state index contributed by atoms with van der Waals surface area (Å²) in [6.07, 6.45) is 10.9. The first kappa shape index (κ1) is 8.75. The van der Waals surface area contributed by atoms with Crippen molar-refractivity contribution in [1.29, 1.82) is 0 Å². The number of hydrazine groups is 1. The normalized spacial score (nSPS) is 22.5. The van der Waals surface area contributed by atoms with Gasteiger partial charge in [-0.3, -0.25) is 10.9 Å². The molecule has 0 spiro atoms. The molecule has 0 bridgehead atoms. The molecule has 11 heavy (non-hydrogen) atoms. The second kappa shape index (κ2) is 6.38. The van der Waals surface area contributed by atoms with Crippen LogP contribution in [0.1, 0.15) is 32.1 Å². The zero-order valence-corrected chi connectivity index (χ0v) is 7.10. The zero-order valence-electron chi connectivity index (χ0n) is 7.10. The average molecular weight is 154 g/mol. The Kier molecular flexibility index (Phi) is 5.07. The van der Waals surface area contributed by atoms with Crippen molar-refractivity contribution in [2.24, 2.45) is 0 Å². The largest absolute Gasteiger partial charge is 0.258 e. The summed E-state index contributed by atoms with van der Waals surface area (Å²) in [6, 6.07) is 0. The van der Waals surface area contributed by atoms with Gasteiger partial charge in [0.1, 0.15) is 0 Å². The number of allylic oxidation sites excluding steroid dienone is 2. The Balaban J connectivity index is 2.11. The number of hydrogen-bond acceptors (Lipinski definition) is 2. The van der Waals surface area contributed by atoms with E-state index in [1.54, 1.807) is 0 Å². The molecule has 1 aliphatic rings. The molecule has 1 heterocycles. The molecule has 1 rings (SSSR count). The Labute approximate surface area is 69.0 Å². The monoisotopic (exact) mass is 154 g/mol. The quantitative estimate of drug-likeness (QED) is 0.518. The molecule has 0 aliphatic carbocycles. The van der Waals surface area contributed by atoms with E-state index in [1.165, 1.54) is 32.1 Å². The Morgan fingerprint density at radius 1 is 0.727 bits per heavy atom. The molecule has 1 aliphatic heterocycles. The lowest BCUT2D eigenvalue weighted by Gasteiger charge is -2.03. The third kappa shape index (κ3) is 4.99. The number of hydrogen-bond donors (Lipinski definition) is 2. The van der Waals surface area contributed by atoms with Crippen molar-refractivity contribution < 1.29 is 0 Å². The average Bonchev–Trinajstić information content (AvgIpc) is 2.08. The van der Waals surface area contributed by atoms with Crippen LogP contribution in [0.4, 0.5) is 0 Å². The fourth-order valence-corrected chi connectivity index (χ4v) is 1.20. The van der Waals surface area contributed by atoms with Gasteiger partial charge in [-0.25, -0.2) is 0 Å². The van der Waals surface area contributed by atoms with Crippen molar-refractivity contribution in [3.8, 4) is 0 Å². The van der Waals surface area contributed by atoms with E-state index in [9.17, 15) is 0 Å². The van der Waals surface area contributed by atoms with Crippen LogP contribution in [0, 0.1) is 0 Å². The van der Waals surface area contributed by atoms with Crippen LogP contribution < -0.4 is 10.9 Å². The minimum absolute atomic E-state index is 1.09. The predicted molar refractivity (Wildman–Crippen MR) is 48.2 cm³/mol. The summed E-state index contributed by atoms with van der Waals surface area (Å²) in [6.45, 7) is 2.19. The summed E-state index contributed by atoms with van der Waals surface area (Å²) in [4.78, 5) is 0. The molecule has 2 N–H and O–H groups in total. The third-order valence-electron chi connectivity index (χ3n) is 1.89. The maximum absolute atomic E-state index is 3.20. The Hall–Kier alpha value is -0.340. The topological polar surface area (TPSA) is 24.1 Å². The zero-order chi connectivity index (χ0) is 7.78. The van der Waals surface area contributed by atoms with Gasteiger partial charge in [0.25, 0.3) is 0 Å². The van der Waals surface area contributed by atoms with Crippen molar-refractivity contribution in [3.63, 3.8) is 0 Å². The lowest BCUT2D eigenvalue weighted by atomic mass is 10.2. The van der Waals surface area contributed by atoms with Gasteiger partial charge in [0.05, 0.1) is 0 Å². The van der Waals surface area contributed by atoms with Crippen molar-refractivity contribution in [2.75, 3.05) is 13.1 Å². The van der Waals surface area contributed by atoms with Crippen LogP contribution in [0.2, 0.25) is 0 Å². The van der Waals surface area contributed by atoms with Gasteiger partial charge in [-0.15, -0.1) is 0 Å². The lowest BCUT2D eigenvalue weighted by molar-refractivity contribution is 0.509. The molecule has 0 aromatic rings. The number of rotatable bonds is 0. The highest BCUT2D eigenvalue weighted by Gasteiger charge is 1.89. The fraction of sp³-hybridized carbons (Fsp3) is 0.778. The molecule has 2 heteroatoms. The van der Waals surface area contributed by atoms with Crippen LogP contribution in [-0.2, 0) is 0 Å². The maximum atomic E-state index is 3.20. The number of nitrogens with one attached hydrogen (secondary N) is 2. The molecular formula is C9H18N2. The first-order valence-electron chi connectivity index (χ1n) is 4.61. The van der Waals surface area contributed by atoms with Crippen LogP contribution in [0.5, 0.6) is 0 Å². The van der Waals surface area contributed by atoms with E-state index >= 15 is 0 Å². The SMILES string of the molecule is C1=CCCCNNCCCC1. The molecule has 0 fully saturated rings. The van der Waals surface area contributed by atoms with Crippen molar-refractivity contribution in [3.05, 3.63) is 12.2 Å². The minimum Gasteiger partial charge on any atom is -0.258 e. The Morgan fingerprint density at radius 2 is 1.36 bits per heavy atom. The van der Waals surface area contributed by atoms with Gasteiger partial charge in [0.2, 0.25) is 0 Å². The molecule has 0 aromatic carbocycles. The van der Waals surface area contributed by atoms with Crippen LogP contribution in [-0.4, -0.2) is 13.1 Å². The standard InChI is InChI=1S/C9H18N2/c1-2-4-6-8-10-11-9-7-5-3-1/h1-2,10-11H,3-9H2. The van der Waals surface area contributed by atoms with Crippen molar-refractivity contribution in [2.45, 2.75) is 32.1 Å². The van der Waals surface area contributed by atoms with Crippen molar-refractivity contribution >= 4 is 0 Å². The molecule has 64 valence electrons. The first-order valence-corrected chi connectivity index (χ1v) is 4.61. The second-order valence-electron chi connectivity index (χ2n) is 2.96. The van der Waals surface area contributed by atoms with Crippen LogP contribution in [0.15, 0.2) is 12.2 Å². The van der Waals surface area contributed by atoms with Gasteiger partial charge in [-0.1, -0.05) is 12.2 Å². The van der Waals surface area contributed by atoms with Gasteiger partial charge in [0.15, 0.2) is 0 Å². The van der Waals surface area contributed by atoms with Gasteiger partial charge in [-0.2, -0.15) is 0 Å². The first-order chi connectivity index (χ1) is 5.50. The van der Waals surface area contributed by atoms with Crippen LogP contribution in [0.3, 0.4) is 0 Å². The highest BCUT2D eigenvalue weighted by atomic mass is 15.3. The summed E-state index contributed by atoms with van der Waals surface area (Å²) in [7, 11) is 0. The van der Waals surface area contributed by atoms with Gasteiger partial charge in [-0.05, 0) is 32.1 Å². The molecule has 2 nitrogen and oxygen atoms in total. The van der Waals surface area contributed by atoms with E-state index in [-0.39, 0.29) is 0 Å². The Bertz CT molecular complexity index is 98.1. The molecular weight excluding hydrogens is 136 g/mol. The highest BCUT2D eigenvalue weighted by Crippen LogP contribution is 1.98. The van der Waals surface area contributed by atoms with Crippen LogP contribution >= 0.6 is 0 Å². The van der Waals surface area contributed by atoms with E-state index < -0.39 is 0 Å². The summed E-state index contributed by atoms with van der Waals surface area (Å²) in [5.74, 6) is 0. The molecule has 0 radical (unpaired) electrons. The highest BCUT2D eigenvalue weighted by molar-refractivity contribution is 4.81. The van der Waals surface area contributed by atoms with Crippen LogP contribution in [0.25, 0.3) is 0 Å². The van der Waals surface area contributed by atoms with Gasteiger partial charge >= 0.3 is 0 Å². The minimum atomic E-state index is 1.09. The van der Waals surface area contributed by atoms with E-state index in [1.807, 2.05) is 0 Å². The molecule has 0 unspecified atom stereocenters. The molecule has 0 saturated carbocycles. The van der Waals surface area contributed by atoms with E-state index in [0.29, 0.717) is 0 Å². The van der Waals surface area contributed by atoms with E-state index in [2.05, 4.69) is 23.0 Å². The summed E-state index contributed by atoms with van der Waals surface area (Å²) in [5.41, 5.74) is 6.40. The molecule has 0 amide bonds. The lowest BCUT2D eigenvalue weighted by Crippen LogP contribution is -2.33. The summed E-state index contributed by atoms with van der Waals surface area (Å²) in [5, 5.41) is 0. The second-order valence-corrected chi connectivity index (χ2v) is 2.96. The Morgan fingerprint density at radius 3 is 2.18 bits per heavy atom. The fourth-order valence-electron chi connectivity index (χ4n) is 1.20. The van der Waals surface area contributed by atoms with E-state index in [4.69, 9.17) is 0 Å². The summed E-state index contributed by atoms with van der Waals surface area (Å²) < 4.78 is 0. The van der Waals surface area contributed by atoms with E-state index in [0.717, 1.165) is 13.1 Å². The molecule has 0 aromatic heterocycles. The van der Waals surface area contributed by atoms with Crippen molar-refractivity contribution in [1.82, 2.24) is 10.9 Å². The molecule has 0 saturated heterocycles. The predicted octanol–water partition coefficient (Wildman–Crippen LogP) is 1.60. The molecule has 0 atom stereocenters. The smallest absolute Gasteiger partial charge is 0.0103 e. The van der Waals surface area contributed by atoms with Gasteiger partial charge in [0, 0.05) is 13.1 Å². The third-order valence-corrected chi connectivity index (χ3v) is 1.89. The maximum Gasteiger partial charge on any atom is 0.0103 e. The summed E-state index contributed by atoms with van der Waals surface area (Å²) >= 11 is 0.